The zero-order valence-electron chi connectivity index (χ0n) is 11.2. The Balaban J connectivity index is 0.00000147. The third-order valence-corrected chi connectivity index (χ3v) is 5.13. The molecule has 2 aromatic rings. The zero-order chi connectivity index (χ0) is 13.6. The lowest BCUT2D eigenvalue weighted by atomic mass is 10.3. The summed E-state index contributed by atoms with van der Waals surface area (Å²) in [4.78, 5) is 19.9. The molecule has 0 saturated heterocycles. The van der Waals surface area contributed by atoms with E-state index in [1.165, 1.54) is 16.2 Å². The topological polar surface area (TPSA) is 68.0 Å². The van der Waals surface area contributed by atoms with Gasteiger partial charge in [0.25, 0.3) is 0 Å². The Morgan fingerprint density at radius 1 is 1.35 bits per heavy atom. The standard InChI is InChI=1S/C13H15N3OS2.ClH/c1-7-3-4-9(18-7)10-8(2)19-12(15-10)16-11(17)13(14)5-6-13;/h3-4H,5-6,14H2,1-2H3,(H,15,16,17);1H. The van der Waals surface area contributed by atoms with Gasteiger partial charge in [0, 0.05) is 9.75 Å². The number of hydrogen-bond acceptors (Lipinski definition) is 5. The molecule has 1 aliphatic carbocycles. The molecule has 1 aliphatic rings. The number of thiophene rings is 1. The first-order valence-corrected chi connectivity index (χ1v) is 7.76. The zero-order valence-corrected chi connectivity index (χ0v) is 13.7. The second kappa shape index (κ2) is 5.44. The molecule has 0 radical (unpaired) electrons. The van der Waals surface area contributed by atoms with Crippen molar-refractivity contribution in [2.24, 2.45) is 5.73 Å². The number of aromatic nitrogens is 1. The highest BCUT2D eigenvalue weighted by molar-refractivity contribution is 7.18. The van der Waals surface area contributed by atoms with Gasteiger partial charge in [-0.2, -0.15) is 0 Å². The number of carbonyl (C=O) groups excluding carboxylic acids is 1. The van der Waals surface area contributed by atoms with E-state index in [0.29, 0.717) is 5.13 Å². The first-order valence-electron chi connectivity index (χ1n) is 6.12. The summed E-state index contributed by atoms with van der Waals surface area (Å²) in [6, 6.07) is 4.15. The van der Waals surface area contributed by atoms with Gasteiger partial charge in [-0.3, -0.25) is 4.79 Å². The van der Waals surface area contributed by atoms with E-state index in [9.17, 15) is 4.79 Å². The fraction of sp³-hybridized carbons (Fsp3) is 0.385. The minimum atomic E-state index is -0.654. The van der Waals surface area contributed by atoms with Crippen LogP contribution in [0.2, 0.25) is 0 Å². The fourth-order valence-corrected chi connectivity index (χ4v) is 3.63. The van der Waals surface area contributed by atoms with E-state index in [1.807, 2.05) is 6.92 Å². The number of nitrogens with two attached hydrogens (primary N) is 1. The number of nitrogens with one attached hydrogen (secondary N) is 1. The monoisotopic (exact) mass is 329 g/mol. The Hall–Kier alpha value is -0.950. The van der Waals surface area contributed by atoms with Crippen LogP contribution in [0.25, 0.3) is 10.6 Å². The summed E-state index contributed by atoms with van der Waals surface area (Å²) in [5.74, 6) is -0.116. The summed E-state index contributed by atoms with van der Waals surface area (Å²) in [6.45, 7) is 4.09. The molecule has 0 aromatic carbocycles. The Morgan fingerprint density at radius 2 is 2.05 bits per heavy atom. The molecule has 1 saturated carbocycles. The maximum atomic E-state index is 11.9. The smallest absolute Gasteiger partial charge is 0.246 e. The molecule has 2 aromatic heterocycles. The number of carbonyl (C=O) groups is 1. The molecule has 0 unspecified atom stereocenters. The molecule has 3 rings (SSSR count). The van der Waals surface area contributed by atoms with E-state index in [1.54, 1.807) is 11.3 Å². The number of anilines is 1. The van der Waals surface area contributed by atoms with E-state index in [-0.39, 0.29) is 18.3 Å². The number of rotatable bonds is 3. The second-order valence-electron chi connectivity index (χ2n) is 4.94. The van der Waals surface area contributed by atoms with E-state index >= 15 is 0 Å². The molecule has 7 heteroatoms. The maximum Gasteiger partial charge on any atom is 0.246 e. The summed E-state index contributed by atoms with van der Waals surface area (Å²) in [7, 11) is 0. The average Bonchev–Trinajstić information content (AvgIpc) is 2.80. The Morgan fingerprint density at radius 3 is 2.60 bits per heavy atom. The van der Waals surface area contributed by atoms with E-state index in [4.69, 9.17) is 5.73 Å². The van der Waals surface area contributed by atoms with Crippen LogP contribution in [0.15, 0.2) is 12.1 Å². The first-order chi connectivity index (χ1) is 8.98. The minimum absolute atomic E-state index is 0. The highest BCUT2D eigenvalue weighted by atomic mass is 35.5. The predicted octanol–water partition coefficient (Wildman–Crippen LogP) is 3.34. The molecule has 3 N–H and O–H groups in total. The third kappa shape index (κ3) is 2.88. The van der Waals surface area contributed by atoms with Crippen LogP contribution in [0.5, 0.6) is 0 Å². The maximum absolute atomic E-state index is 11.9. The summed E-state index contributed by atoms with van der Waals surface area (Å²) in [5, 5.41) is 3.47. The van der Waals surface area contributed by atoms with Crippen LogP contribution in [0.3, 0.4) is 0 Å². The molecule has 2 heterocycles. The molecule has 0 atom stereocenters. The lowest BCUT2D eigenvalue weighted by molar-refractivity contribution is -0.118. The quantitative estimate of drug-likeness (QED) is 0.907. The van der Waals surface area contributed by atoms with Gasteiger partial charge in [-0.05, 0) is 38.8 Å². The van der Waals surface area contributed by atoms with Gasteiger partial charge in [0.2, 0.25) is 5.91 Å². The number of nitrogens with zero attached hydrogens (tertiary/aromatic N) is 1. The normalized spacial score (nSPS) is 15.6. The van der Waals surface area contributed by atoms with Crippen molar-refractivity contribution < 1.29 is 4.79 Å². The van der Waals surface area contributed by atoms with E-state index < -0.39 is 5.54 Å². The van der Waals surface area contributed by atoms with Gasteiger partial charge in [0.15, 0.2) is 5.13 Å². The largest absolute Gasteiger partial charge is 0.317 e. The number of amides is 1. The highest BCUT2D eigenvalue weighted by Crippen LogP contribution is 2.37. The van der Waals surface area contributed by atoms with Gasteiger partial charge in [-0.15, -0.1) is 35.1 Å². The Kier molecular flexibility index (Phi) is 4.20. The SMILES string of the molecule is Cc1ccc(-c2nc(NC(=O)C3(N)CC3)sc2C)s1.Cl. The van der Waals surface area contributed by atoms with E-state index in [2.05, 4.69) is 29.4 Å². The van der Waals surface area contributed by atoms with Crippen LogP contribution in [-0.2, 0) is 4.79 Å². The van der Waals surface area contributed by atoms with Crippen molar-refractivity contribution in [3.05, 3.63) is 21.9 Å². The van der Waals surface area contributed by atoms with Crippen molar-refractivity contribution >= 4 is 46.1 Å². The van der Waals surface area contributed by atoms with Crippen molar-refractivity contribution in [1.82, 2.24) is 4.98 Å². The molecular weight excluding hydrogens is 314 g/mol. The van der Waals surface area contributed by atoms with Crippen molar-refractivity contribution in [3.63, 3.8) is 0 Å². The molecule has 108 valence electrons. The average molecular weight is 330 g/mol. The lowest BCUT2D eigenvalue weighted by Crippen LogP contribution is -2.37. The predicted molar refractivity (Wildman–Crippen MR) is 86.9 cm³/mol. The van der Waals surface area contributed by atoms with Crippen LogP contribution in [0.1, 0.15) is 22.6 Å². The minimum Gasteiger partial charge on any atom is -0.317 e. The number of halogens is 1. The summed E-state index contributed by atoms with van der Waals surface area (Å²) in [6.07, 6.45) is 1.53. The molecule has 4 nitrogen and oxygen atoms in total. The first kappa shape index (κ1) is 15.4. The van der Waals surface area contributed by atoms with Crippen LogP contribution in [-0.4, -0.2) is 16.4 Å². The van der Waals surface area contributed by atoms with Crippen LogP contribution in [0.4, 0.5) is 5.13 Å². The van der Waals surface area contributed by atoms with Crippen LogP contribution in [0, 0.1) is 13.8 Å². The summed E-state index contributed by atoms with van der Waals surface area (Å²) < 4.78 is 0. The second-order valence-corrected chi connectivity index (χ2v) is 7.44. The molecule has 20 heavy (non-hydrogen) atoms. The van der Waals surface area contributed by atoms with Crippen molar-refractivity contribution in [2.45, 2.75) is 32.2 Å². The van der Waals surface area contributed by atoms with Gasteiger partial charge in [0.1, 0.15) is 0 Å². The molecule has 1 amide bonds. The van der Waals surface area contributed by atoms with Gasteiger partial charge in [-0.25, -0.2) is 4.98 Å². The number of aryl methyl sites for hydroxylation is 2. The van der Waals surface area contributed by atoms with Crippen molar-refractivity contribution in [2.75, 3.05) is 5.32 Å². The summed E-state index contributed by atoms with van der Waals surface area (Å²) in [5.41, 5.74) is 6.17. The van der Waals surface area contributed by atoms with E-state index in [0.717, 1.165) is 28.3 Å². The van der Waals surface area contributed by atoms with Crippen molar-refractivity contribution in [3.8, 4) is 10.6 Å². The number of thiazole rings is 1. The van der Waals surface area contributed by atoms with Crippen molar-refractivity contribution in [1.29, 1.82) is 0 Å². The molecule has 1 fully saturated rings. The van der Waals surface area contributed by atoms with Gasteiger partial charge < -0.3 is 11.1 Å². The summed E-state index contributed by atoms with van der Waals surface area (Å²) >= 11 is 3.21. The molecule has 0 aliphatic heterocycles. The highest BCUT2D eigenvalue weighted by Gasteiger charge is 2.46. The fourth-order valence-electron chi connectivity index (χ4n) is 1.82. The lowest BCUT2D eigenvalue weighted by Gasteiger charge is -2.06. The molecule has 0 bridgehead atoms. The van der Waals surface area contributed by atoms with Crippen LogP contribution >= 0.6 is 35.1 Å². The van der Waals surface area contributed by atoms with Gasteiger partial charge >= 0.3 is 0 Å². The van der Waals surface area contributed by atoms with Crippen LogP contribution < -0.4 is 11.1 Å². The third-order valence-electron chi connectivity index (χ3n) is 3.23. The molecule has 0 spiro atoms. The Bertz CT molecular complexity index is 646. The van der Waals surface area contributed by atoms with Gasteiger partial charge in [0.05, 0.1) is 16.1 Å². The molecular formula is C13H16ClN3OS2. The Labute approximate surface area is 131 Å². The van der Waals surface area contributed by atoms with Gasteiger partial charge in [-0.1, -0.05) is 0 Å². The number of hydrogen-bond donors (Lipinski definition) is 2.